The van der Waals surface area contributed by atoms with Crippen LogP contribution in [-0.2, 0) is 4.79 Å². The van der Waals surface area contributed by atoms with Gasteiger partial charge in [-0.3, -0.25) is 9.78 Å². The number of rotatable bonds is 5. The van der Waals surface area contributed by atoms with Crippen LogP contribution in [0.5, 0.6) is 0 Å². The van der Waals surface area contributed by atoms with Crippen LogP contribution in [0.2, 0.25) is 0 Å². The summed E-state index contributed by atoms with van der Waals surface area (Å²) in [5.41, 5.74) is 0.797. The molecule has 1 unspecified atom stereocenters. The van der Waals surface area contributed by atoms with Crippen molar-refractivity contribution in [3.8, 4) is 0 Å². The summed E-state index contributed by atoms with van der Waals surface area (Å²) >= 11 is 0. The zero-order valence-electron chi connectivity index (χ0n) is 9.98. The van der Waals surface area contributed by atoms with E-state index in [0.29, 0.717) is 5.52 Å². The quantitative estimate of drug-likeness (QED) is 0.762. The van der Waals surface area contributed by atoms with Crippen molar-refractivity contribution < 1.29 is 14.7 Å². The summed E-state index contributed by atoms with van der Waals surface area (Å²) in [4.78, 5) is 26.9. The van der Waals surface area contributed by atoms with E-state index in [-0.39, 0.29) is 12.0 Å². The monoisotopic (exact) mass is 260 g/mol. The number of carboxylic acid groups (broad SMARTS) is 1. The Labute approximate surface area is 108 Å². The number of amides is 1. The van der Waals surface area contributed by atoms with Gasteiger partial charge in [0.1, 0.15) is 6.04 Å². The normalized spacial score (nSPS) is 12.0. The summed E-state index contributed by atoms with van der Waals surface area (Å²) in [6.07, 6.45) is 7.60. The molecule has 7 heteroatoms. The number of aromatic nitrogens is 3. The van der Waals surface area contributed by atoms with E-state index in [4.69, 9.17) is 5.11 Å². The Morgan fingerprint density at radius 3 is 3.00 bits per heavy atom. The molecule has 0 fully saturated rings. The summed E-state index contributed by atoms with van der Waals surface area (Å²) in [6, 6.07) is -1.00. The van der Waals surface area contributed by atoms with Gasteiger partial charge in [0.2, 0.25) is 0 Å². The molecule has 0 saturated heterocycles. The first kappa shape index (κ1) is 12.7. The van der Waals surface area contributed by atoms with E-state index >= 15 is 0 Å². The number of aliphatic carboxylic acids is 1. The van der Waals surface area contributed by atoms with Crippen LogP contribution in [0.25, 0.3) is 5.52 Å². The standard InChI is InChI=1S/C12H12N4O3/c1-2-3-9(12(18)19)15-11(17)8-6-14-16-5-4-13-7-10(8)16/h2,4-7,9H,1,3H2,(H,15,17)(H,18,19). The highest BCUT2D eigenvalue weighted by Crippen LogP contribution is 2.09. The van der Waals surface area contributed by atoms with Gasteiger partial charge in [0.05, 0.1) is 23.5 Å². The number of nitrogens with zero attached hydrogens (tertiary/aromatic N) is 3. The van der Waals surface area contributed by atoms with E-state index in [1.807, 2.05) is 0 Å². The lowest BCUT2D eigenvalue weighted by molar-refractivity contribution is -0.139. The van der Waals surface area contributed by atoms with Gasteiger partial charge in [0, 0.05) is 12.4 Å². The molecule has 2 aromatic rings. The molecule has 0 aromatic carbocycles. The molecule has 2 aromatic heterocycles. The third-order valence-corrected chi connectivity index (χ3v) is 2.58. The molecule has 2 rings (SSSR count). The molecule has 7 nitrogen and oxygen atoms in total. The lowest BCUT2D eigenvalue weighted by Gasteiger charge is -2.11. The Balaban J connectivity index is 2.24. The second kappa shape index (κ2) is 5.30. The molecule has 1 amide bonds. The van der Waals surface area contributed by atoms with Crippen LogP contribution < -0.4 is 5.32 Å². The van der Waals surface area contributed by atoms with Gasteiger partial charge >= 0.3 is 5.97 Å². The van der Waals surface area contributed by atoms with E-state index in [2.05, 4.69) is 22.0 Å². The zero-order chi connectivity index (χ0) is 13.8. The SMILES string of the molecule is C=CCC(NC(=O)c1cnn2ccncc12)C(=O)O. The number of hydrogen-bond acceptors (Lipinski definition) is 4. The Hall–Kier alpha value is -2.70. The fourth-order valence-electron chi connectivity index (χ4n) is 1.63. The topological polar surface area (TPSA) is 96.6 Å². The molecule has 0 bridgehead atoms. The van der Waals surface area contributed by atoms with E-state index in [0.717, 1.165) is 0 Å². The minimum atomic E-state index is -1.11. The minimum absolute atomic E-state index is 0.151. The summed E-state index contributed by atoms with van der Waals surface area (Å²) in [7, 11) is 0. The first-order valence-corrected chi connectivity index (χ1v) is 5.55. The van der Waals surface area contributed by atoms with Gasteiger partial charge in [-0.2, -0.15) is 5.10 Å². The molecule has 0 radical (unpaired) electrons. The average Bonchev–Trinajstić information content (AvgIpc) is 2.81. The number of carbonyl (C=O) groups is 2. The summed E-state index contributed by atoms with van der Waals surface area (Å²) in [5.74, 6) is -1.61. The Bertz CT molecular complexity index is 635. The van der Waals surface area contributed by atoms with Gasteiger partial charge in [-0.25, -0.2) is 9.31 Å². The lowest BCUT2D eigenvalue weighted by atomic mass is 10.2. The molecular weight excluding hydrogens is 248 g/mol. The third-order valence-electron chi connectivity index (χ3n) is 2.58. The lowest BCUT2D eigenvalue weighted by Crippen LogP contribution is -2.40. The molecule has 19 heavy (non-hydrogen) atoms. The summed E-state index contributed by atoms with van der Waals surface area (Å²) in [6.45, 7) is 3.46. The molecule has 98 valence electrons. The van der Waals surface area contributed by atoms with Crippen molar-refractivity contribution >= 4 is 17.4 Å². The number of carbonyl (C=O) groups excluding carboxylic acids is 1. The molecule has 0 aliphatic heterocycles. The van der Waals surface area contributed by atoms with Gasteiger partial charge < -0.3 is 10.4 Å². The zero-order valence-corrected chi connectivity index (χ0v) is 9.98. The van der Waals surface area contributed by atoms with Crippen LogP contribution in [0.4, 0.5) is 0 Å². The van der Waals surface area contributed by atoms with Crippen LogP contribution in [-0.4, -0.2) is 37.6 Å². The molecule has 0 spiro atoms. The summed E-state index contributed by atoms with van der Waals surface area (Å²) in [5, 5.41) is 15.4. The maximum absolute atomic E-state index is 12.0. The third kappa shape index (κ3) is 2.59. The van der Waals surface area contributed by atoms with Gasteiger partial charge in [-0.1, -0.05) is 6.08 Å². The van der Waals surface area contributed by atoms with Crippen molar-refractivity contribution in [2.75, 3.05) is 0 Å². The largest absolute Gasteiger partial charge is 0.480 e. The maximum Gasteiger partial charge on any atom is 0.326 e. The second-order valence-electron chi connectivity index (χ2n) is 3.85. The predicted octanol–water partition coefficient (Wildman–Crippen LogP) is 0.488. The van der Waals surface area contributed by atoms with Crippen molar-refractivity contribution in [3.63, 3.8) is 0 Å². The van der Waals surface area contributed by atoms with Crippen molar-refractivity contribution in [2.24, 2.45) is 0 Å². The Kier molecular flexibility index (Phi) is 3.56. The first-order valence-electron chi connectivity index (χ1n) is 5.55. The van der Waals surface area contributed by atoms with E-state index < -0.39 is 17.9 Å². The number of hydrogen-bond donors (Lipinski definition) is 2. The molecule has 0 aliphatic carbocycles. The number of nitrogens with one attached hydrogen (secondary N) is 1. The van der Waals surface area contributed by atoms with Crippen molar-refractivity contribution in [3.05, 3.63) is 43.0 Å². The smallest absolute Gasteiger partial charge is 0.326 e. The predicted molar refractivity (Wildman–Crippen MR) is 66.7 cm³/mol. The van der Waals surface area contributed by atoms with Crippen LogP contribution in [0.1, 0.15) is 16.8 Å². The average molecular weight is 260 g/mol. The maximum atomic E-state index is 12.0. The molecular formula is C12H12N4O3. The Morgan fingerprint density at radius 2 is 2.32 bits per heavy atom. The van der Waals surface area contributed by atoms with Gasteiger partial charge in [0.25, 0.3) is 5.91 Å². The second-order valence-corrected chi connectivity index (χ2v) is 3.85. The molecule has 2 heterocycles. The fraction of sp³-hybridized carbons (Fsp3) is 0.167. The highest BCUT2D eigenvalue weighted by molar-refractivity contribution is 6.02. The first-order chi connectivity index (χ1) is 9.13. The minimum Gasteiger partial charge on any atom is -0.480 e. The molecule has 2 N–H and O–H groups in total. The van der Waals surface area contributed by atoms with Crippen LogP contribution in [0.15, 0.2) is 37.4 Å². The highest BCUT2D eigenvalue weighted by atomic mass is 16.4. The van der Waals surface area contributed by atoms with Crippen LogP contribution in [0.3, 0.4) is 0 Å². The van der Waals surface area contributed by atoms with Crippen molar-refractivity contribution in [2.45, 2.75) is 12.5 Å². The van der Waals surface area contributed by atoms with E-state index in [1.165, 1.54) is 23.0 Å². The fourth-order valence-corrected chi connectivity index (χ4v) is 1.63. The Morgan fingerprint density at radius 1 is 1.53 bits per heavy atom. The van der Waals surface area contributed by atoms with Crippen molar-refractivity contribution in [1.29, 1.82) is 0 Å². The van der Waals surface area contributed by atoms with Crippen molar-refractivity contribution in [1.82, 2.24) is 19.9 Å². The molecule has 1 atom stereocenters. The van der Waals surface area contributed by atoms with Gasteiger partial charge in [-0.05, 0) is 6.42 Å². The van der Waals surface area contributed by atoms with Crippen LogP contribution >= 0.6 is 0 Å². The summed E-state index contributed by atoms with van der Waals surface area (Å²) < 4.78 is 1.49. The highest BCUT2D eigenvalue weighted by Gasteiger charge is 2.21. The molecule has 0 aliphatic rings. The number of carboxylic acids is 1. The van der Waals surface area contributed by atoms with Crippen LogP contribution in [0, 0.1) is 0 Å². The number of fused-ring (bicyclic) bond motifs is 1. The van der Waals surface area contributed by atoms with E-state index in [1.54, 1.807) is 12.4 Å². The van der Waals surface area contributed by atoms with E-state index in [9.17, 15) is 9.59 Å². The molecule has 0 saturated carbocycles. The van der Waals surface area contributed by atoms with Gasteiger partial charge in [0.15, 0.2) is 0 Å². The van der Waals surface area contributed by atoms with Gasteiger partial charge in [-0.15, -0.1) is 6.58 Å².